The number of methoxy groups -OCH3 is 4. The minimum absolute atomic E-state index is 0.0503. The number of hydrogen-bond donors (Lipinski definition) is 2. The summed E-state index contributed by atoms with van der Waals surface area (Å²) in [6.07, 6.45) is 1.73. The van der Waals surface area contributed by atoms with Crippen molar-refractivity contribution in [2.24, 2.45) is 10.8 Å². The SMILES string of the molecule is COc1cc(C(/C=N/NC(N)=S)c2ccc(OC)c(O[Si](C)(C)C(C)(C)C)c2O[Si](C)(C)C(C)(C)C)cc(OC)c1OC. The molecule has 240 valence electrons. The fourth-order valence-electron chi connectivity index (χ4n) is 3.79. The molecule has 43 heavy (non-hydrogen) atoms. The number of hydrogen-bond acceptors (Lipinski definition) is 8. The van der Waals surface area contributed by atoms with E-state index in [0.717, 1.165) is 11.1 Å². The molecule has 2 aromatic rings. The topological polar surface area (TPSA) is 106 Å². The second-order valence-corrected chi connectivity index (χ2v) is 23.3. The van der Waals surface area contributed by atoms with Gasteiger partial charge in [-0.2, -0.15) is 5.10 Å². The molecule has 0 radical (unpaired) electrons. The zero-order chi connectivity index (χ0) is 33.0. The first-order valence-electron chi connectivity index (χ1n) is 14.2. The maximum Gasteiger partial charge on any atom is 0.250 e. The van der Waals surface area contributed by atoms with Crippen molar-refractivity contribution in [2.45, 2.75) is 83.7 Å². The lowest BCUT2D eigenvalue weighted by Crippen LogP contribution is -2.46. The number of ether oxygens (including phenoxy) is 4. The zero-order valence-corrected chi connectivity index (χ0v) is 31.2. The van der Waals surface area contributed by atoms with Crippen LogP contribution in [0, 0.1) is 0 Å². The Morgan fingerprint density at radius 2 is 1.23 bits per heavy atom. The van der Waals surface area contributed by atoms with Crippen molar-refractivity contribution < 1.29 is 27.8 Å². The minimum Gasteiger partial charge on any atom is -0.541 e. The van der Waals surface area contributed by atoms with Gasteiger partial charge in [-0.05, 0) is 72.2 Å². The largest absolute Gasteiger partial charge is 0.541 e. The molecule has 0 saturated heterocycles. The van der Waals surface area contributed by atoms with Crippen LogP contribution in [0.15, 0.2) is 29.4 Å². The quantitative estimate of drug-likeness (QED) is 0.105. The van der Waals surface area contributed by atoms with Crippen molar-refractivity contribution in [3.05, 3.63) is 35.4 Å². The van der Waals surface area contributed by atoms with Crippen LogP contribution >= 0.6 is 12.2 Å². The number of benzene rings is 2. The molecule has 0 spiro atoms. The van der Waals surface area contributed by atoms with E-state index in [-0.39, 0.29) is 15.2 Å². The Bertz CT molecular complexity index is 1290. The molecule has 0 aromatic heterocycles. The van der Waals surface area contributed by atoms with E-state index >= 15 is 0 Å². The summed E-state index contributed by atoms with van der Waals surface area (Å²) in [6, 6.07) is 7.69. The lowest BCUT2D eigenvalue weighted by atomic mass is 9.90. The van der Waals surface area contributed by atoms with Crippen LogP contribution in [-0.4, -0.2) is 56.4 Å². The fourth-order valence-corrected chi connectivity index (χ4v) is 5.88. The molecule has 2 rings (SSSR count). The summed E-state index contributed by atoms with van der Waals surface area (Å²) in [5.41, 5.74) is 10.0. The number of thiocarbonyl (C=S) groups is 1. The average Bonchev–Trinajstić information content (AvgIpc) is 2.89. The Kier molecular flexibility index (Phi) is 11.6. The molecule has 0 fully saturated rings. The van der Waals surface area contributed by atoms with Crippen LogP contribution < -0.4 is 39.0 Å². The molecule has 9 nitrogen and oxygen atoms in total. The van der Waals surface area contributed by atoms with Gasteiger partial charge in [0.25, 0.3) is 16.6 Å². The molecule has 3 N–H and O–H groups in total. The van der Waals surface area contributed by atoms with Gasteiger partial charge in [-0.3, -0.25) is 5.43 Å². The van der Waals surface area contributed by atoms with Crippen LogP contribution in [0.2, 0.25) is 36.3 Å². The van der Waals surface area contributed by atoms with Gasteiger partial charge in [0.2, 0.25) is 5.75 Å². The van der Waals surface area contributed by atoms with Crippen molar-refractivity contribution in [3.63, 3.8) is 0 Å². The van der Waals surface area contributed by atoms with Gasteiger partial charge in [0.05, 0.1) is 34.4 Å². The first kappa shape index (κ1) is 36.2. The van der Waals surface area contributed by atoms with E-state index in [1.807, 2.05) is 24.3 Å². The van der Waals surface area contributed by atoms with E-state index in [2.05, 4.69) is 78.3 Å². The normalized spacial score (nSPS) is 13.3. The van der Waals surface area contributed by atoms with Crippen molar-refractivity contribution >= 4 is 40.2 Å². The summed E-state index contributed by atoms with van der Waals surface area (Å²) >= 11 is 5.02. The maximum atomic E-state index is 7.15. The standard InChI is InChI=1S/C31H51N3O6SSi2/c1-30(2,3)42(11,12)39-26-21(15-16-23(35-7)28(26)40-43(13,14)31(4,5)6)22(19-33-34-29(32)41)20-17-24(36-8)27(38-10)25(18-20)37-9/h15-19,22H,1-14H3,(H3,32,34,41)/b33-19+. The van der Waals surface area contributed by atoms with Gasteiger partial charge in [-0.15, -0.1) is 0 Å². The van der Waals surface area contributed by atoms with Crippen molar-refractivity contribution in [1.29, 1.82) is 0 Å². The van der Waals surface area contributed by atoms with E-state index in [1.165, 1.54) is 0 Å². The summed E-state index contributed by atoms with van der Waals surface area (Å²) in [5.74, 6) is 2.85. The molecule has 2 aromatic carbocycles. The van der Waals surface area contributed by atoms with Crippen LogP contribution in [0.4, 0.5) is 0 Å². The fraction of sp³-hybridized carbons (Fsp3) is 0.548. The highest BCUT2D eigenvalue weighted by Gasteiger charge is 2.44. The van der Waals surface area contributed by atoms with Crippen LogP contribution in [-0.2, 0) is 0 Å². The van der Waals surface area contributed by atoms with Crippen LogP contribution in [0.3, 0.4) is 0 Å². The first-order chi connectivity index (χ1) is 19.7. The maximum absolute atomic E-state index is 7.15. The Balaban J connectivity index is 3.07. The summed E-state index contributed by atoms with van der Waals surface area (Å²) in [7, 11) is 1.65. The number of hydrazone groups is 1. The molecule has 0 aliphatic carbocycles. The van der Waals surface area contributed by atoms with Gasteiger partial charge in [0.1, 0.15) is 0 Å². The highest BCUT2D eigenvalue weighted by molar-refractivity contribution is 7.80. The summed E-state index contributed by atoms with van der Waals surface area (Å²) in [5, 5.41) is 4.28. The third-order valence-electron chi connectivity index (χ3n) is 8.43. The average molecular weight is 650 g/mol. The van der Waals surface area contributed by atoms with Crippen molar-refractivity contribution in [1.82, 2.24) is 5.43 Å². The molecule has 0 aliphatic heterocycles. The third-order valence-corrected chi connectivity index (χ3v) is 17.2. The summed E-state index contributed by atoms with van der Waals surface area (Å²) < 4.78 is 37.1. The van der Waals surface area contributed by atoms with Crippen molar-refractivity contribution in [2.75, 3.05) is 28.4 Å². The van der Waals surface area contributed by atoms with Gasteiger partial charge >= 0.3 is 0 Å². The third kappa shape index (κ3) is 8.36. The Hall–Kier alpha value is -2.97. The molecular weight excluding hydrogens is 599 g/mol. The number of nitrogens with two attached hydrogens (primary N) is 1. The number of nitrogens with zero attached hydrogens (tertiary/aromatic N) is 1. The lowest BCUT2D eigenvalue weighted by molar-refractivity contribution is 0.324. The monoisotopic (exact) mass is 649 g/mol. The molecule has 0 bridgehead atoms. The van der Waals surface area contributed by atoms with E-state index in [1.54, 1.807) is 34.7 Å². The summed E-state index contributed by atoms with van der Waals surface area (Å²) in [4.78, 5) is 0. The van der Waals surface area contributed by atoms with E-state index in [0.29, 0.717) is 34.5 Å². The summed E-state index contributed by atoms with van der Waals surface area (Å²) in [6.45, 7) is 22.1. The predicted molar refractivity (Wildman–Crippen MR) is 185 cm³/mol. The molecule has 0 aliphatic rings. The van der Waals surface area contributed by atoms with Gasteiger partial charge in [-0.1, -0.05) is 47.6 Å². The van der Waals surface area contributed by atoms with Crippen LogP contribution in [0.5, 0.6) is 34.5 Å². The zero-order valence-electron chi connectivity index (χ0n) is 28.3. The predicted octanol–water partition coefficient (Wildman–Crippen LogP) is 7.44. The molecule has 12 heteroatoms. The minimum atomic E-state index is -2.40. The molecule has 0 heterocycles. The molecule has 1 unspecified atom stereocenters. The highest BCUT2D eigenvalue weighted by Crippen LogP contribution is 2.51. The number of nitrogens with one attached hydrogen (secondary N) is 1. The number of rotatable bonds is 12. The highest BCUT2D eigenvalue weighted by atomic mass is 32.1. The Morgan fingerprint density at radius 3 is 1.63 bits per heavy atom. The van der Waals surface area contributed by atoms with E-state index < -0.39 is 22.6 Å². The molecule has 0 saturated carbocycles. The van der Waals surface area contributed by atoms with Gasteiger partial charge < -0.3 is 33.5 Å². The van der Waals surface area contributed by atoms with Gasteiger partial charge in [0, 0.05) is 11.8 Å². The molecular formula is C31H51N3O6SSi2. The Morgan fingerprint density at radius 1 is 0.767 bits per heavy atom. The smallest absolute Gasteiger partial charge is 0.250 e. The van der Waals surface area contributed by atoms with Crippen molar-refractivity contribution in [3.8, 4) is 34.5 Å². The Labute approximate surface area is 265 Å². The van der Waals surface area contributed by atoms with E-state index in [4.69, 9.17) is 45.8 Å². The molecule has 1 atom stereocenters. The first-order valence-corrected chi connectivity index (χ1v) is 20.4. The second-order valence-electron chi connectivity index (χ2n) is 13.4. The van der Waals surface area contributed by atoms with Crippen LogP contribution in [0.25, 0.3) is 0 Å². The van der Waals surface area contributed by atoms with Crippen LogP contribution in [0.1, 0.15) is 58.6 Å². The second kappa shape index (κ2) is 13.8. The lowest BCUT2D eigenvalue weighted by Gasteiger charge is -2.41. The van der Waals surface area contributed by atoms with Gasteiger partial charge in [-0.25, -0.2) is 0 Å². The van der Waals surface area contributed by atoms with E-state index in [9.17, 15) is 0 Å². The molecule has 0 amide bonds. The van der Waals surface area contributed by atoms with Gasteiger partial charge in [0.15, 0.2) is 33.9 Å².